The molecule has 2 atom stereocenters. The number of rotatable bonds is 4. The van der Waals surface area contributed by atoms with Gasteiger partial charge >= 0.3 is 5.97 Å². The Labute approximate surface area is 124 Å². The normalized spacial score (nSPS) is 23.0. The first-order valence-electron chi connectivity index (χ1n) is 6.79. The van der Waals surface area contributed by atoms with Gasteiger partial charge in [-0.3, -0.25) is 0 Å². The number of piperidine rings is 1. The number of sulfonamides is 1. The van der Waals surface area contributed by atoms with Gasteiger partial charge in [-0.2, -0.15) is 0 Å². The predicted octanol–water partition coefficient (Wildman–Crippen LogP) is 0.793. The number of ether oxygens (including phenoxy) is 1. The van der Waals surface area contributed by atoms with E-state index in [2.05, 4.69) is 14.8 Å². The smallest absolute Gasteiger partial charge is 0.373 e. The second-order valence-corrected chi connectivity index (χ2v) is 6.82. The van der Waals surface area contributed by atoms with E-state index < -0.39 is 16.0 Å². The number of carbonyl (C=O) groups excluding carboxylic acids is 1. The summed E-state index contributed by atoms with van der Waals surface area (Å²) in [4.78, 5) is 11.4. The van der Waals surface area contributed by atoms with Crippen LogP contribution in [0.3, 0.4) is 0 Å². The molecule has 2 N–H and O–H groups in total. The van der Waals surface area contributed by atoms with E-state index in [0.717, 1.165) is 19.4 Å². The van der Waals surface area contributed by atoms with Crippen molar-refractivity contribution in [2.24, 2.45) is 0 Å². The van der Waals surface area contributed by atoms with E-state index >= 15 is 0 Å². The number of furan rings is 1. The molecule has 2 heterocycles. The van der Waals surface area contributed by atoms with Gasteiger partial charge in [0.15, 0.2) is 0 Å². The van der Waals surface area contributed by atoms with Gasteiger partial charge in [0.1, 0.15) is 10.7 Å². The molecule has 0 spiro atoms. The molecule has 0 aliphatic carbocycles. The van der Waals surface area contributed by atoms with Crippen molar-refractivity contribution in [1.82, 2.24) is 10.0 Å². The second-order valence-electron chi connectivity index (χ2n) is 5.14. The highest BCUT2D eigenvalue weighted by Crippen LogP contribution is 2.22. The van der Waals surface area contributed by atoms with Crippen LogP contribution in [0.5, 0.6) is 0 Å². The Hall–Kier alpha value is -1.38. The van der Waals surface area contributed by atoms with Gasteiger partial charge < -0.3 is 14.5 Å². The first-order valence-corrected chi connectivity index (χ1v) is 8.28. The van der Waals surface area contributed by atoms with Crippen LogP contribution in [-0.4, -0.2) is 40.1 Å². The summed E-state index contributed by atoms with van der Waals surface area (Å²) in [6, 6.07) is 1.07. The molecule has 1 aliphatic heterocycles. The first kappa shape index (κ1) is 16.0. The molecule has 0 amide bonds. The van der Waals surface area contributed by atoms with Crippen LogP contribution in [0.4, 0.5) is 0 Å². The Balaban J connectivity index is 2.23. The average Bonchev–Trinajstić information content (AvgIpc) is 2.83. The minimum absolute atomic E-state index is 0.0272. The van der Waals surface area contributed by atoms with E-state index in [9.17, 15) is 13.2 Å². The van der Waals surface area contributed by atoms with Crippen LogP contribution >= 0.6 is 0 Å². The third-order valence-electron chi connectivity index (χ3n) is 3.62. The molecule has 0 aromatic carbocycles. The molecule has 0 bridgehead atoms. The summed E-state index contributed by atoms with van der Waals surface area (Å²) in [5.74, 6) is -0.656. The molecule has 7 nitrogen and oxygen atoms in total. The lowest BCUT2D eigenvalue weighted by Gasteiger charge is -2.30. The monoisotopic (exact) mass is 316 g/mol. The predicted molar refractivity (Wildman–Crippen MR) is 75.6 cm³/mol. The topological polar surface area (TPSA) is 97.6 Å². The van der Waals surface area contributed by atoms with Crippen LogP contribution < -0.4 is 10.0 Å². The quantitative estimate of drug-likeness (QED) is 0.797. The van der Waals surface area contributed by atoms with Crippen molar-refractivity contribution in [2.75, 3.05) is 13.7 Å². The van der Waals surface area contributed by atoms with Crippen LogP contribution in [0.15, 0.2) is 15.4 Å². The molecule has 1 aliphatic rings. The lowest BCUT2D eigenvalue weighted by Crippen LogP contribution is -2.51. The number of hydrogen-bond acceptors (Lipinski definition) is 6. The summed E-state index contributed by atoms with van der Waals surface area (Å²) < 4.78 is 37.2. The van der Waals surface area contributed by atoms with E-state index in [1.54, 1.807) is 0 Å². The summed E-state index contributed by atoms with van der Waals surface area (Å²) in [7, 11) is -2.53. The molecule has 8 heteroatoms. The summed E-state index contributed by atoms with van der Waals surface area (Å²) in [5.41, 5.74) is 0. The number of methoxy groups -OCH3 is 1. The fourth-order valence-electron chi connectivity index (χ4n) is 2.40. The molecular formula is C13H20N2O5S. The molecule has 0 radical (unpaired) electrons. The van der Waals surface area contributed by atoms with E-state index in [4.69, 9.17) is 4.42 Å². The Morgan fingerprint density at radius 3 is 2.86 bits per heavy atom. The van der Waals surface area contributed by atoms with Crippen molar-refractivity contribution >= 4 is 16.0 Å². The van der Waals surface area contributed by atoms with Crippen molar-refractivity contribution in [1.29, 1.82) is 0 Å². The Kier molecular flexibility index (Phi) is 4.70. The number of hydrogen-bond donors (Lipinski definition) is 2. The zero-order valence-corrected chi connectivity index (χ0v) is 13.1. The van der Waals surface area contributed by atoms with Gasteiger partial charge in [0.25, 0.3) is 0 Å². The van der Waals surface area contributed by atoms with Gasteiger partial charge in [-0.1, -0.05) is 0 Å². The van der Waals surface area contributed by atoms with Crippen molar-refractivity contribution < 1.29 is 22.4 Å². The maximum absolute atomic E-state index is 12.4. The molecule has 0 saturated carbocycles. The number of nitrogens with one attached hydrogen (secondary N) is 2. The first-order chi connectivity index (χ1) is 9.85. The summed E-state index contributed by atoms with van der Waals surface area (Å²) in [5, 5.41) is 3.23. The minimum atomic E-state index is -3.74. The fourth-order valence-corrected chi connectivity index (χ4v) is 3.93. The zero-order valence-electron chi connectivity index (χ0n) is 12.3. The van der Waals surface area contributed by atoms with E-state index in [-0.39, 0.29) is 28.5 Å². The van der Waals surface area contributed by atoms with Gasteiger partial charge in [0, 0.05) is 18.2 Å². The van der Waals surface area contributed by atoms with Crippen molar-refractivity contribution in [2.45, 2.75) is 43.7 Å². The van der Waals surface area contributed by atoms with Crippen LogP contribution in [0.25, 0.3) is 0 Å². The standard InChI is InChI=1S/C13H20N2O5S/c1-8-10(5-4-6-14-8)15-21(17,18)12-7-11(13(16)19-3)20-9(12)2/h7-8,10,14-15H,4-6H2,1-3H3. The van der Waals surface area contributed by atoms with E-state index in [1.165, 1.54) is 20.1 Å². The Bertz CT molecular complexity index is 623. The second kappa shape index (κ2) is 6.17. The fraction of sp³-hybridized carbons (Fsp3) is 0.615. The highest BCUT2D eigenvalue weighted by Gasteiger charge is 2.30. The van der Waals surface area contributed by atoms with Gasteiger partial charge in [0.2, 0.25) is 15.8 Å². The summed E-state index contributed by atoms with van der Waals surface area (Å²) in [6.45, 7) is 4.33. The van der Waals surface area contributed by atoms with Crippen molar-refractivity contribution in [3.63, 3.8) is 0 Å². The van der Waals surface area contributed by atoms with E-state index in [1.807, 2.05) is 6.92 Å². The molecule has 1 saturated heterocycles. The number of esters is 1. The molecular weight excluding hydrogens is 296 g/mol. The Morgan fingerprint density at radius 2 is 2.24 bits per heavy atom. The molecule has 1 aromatic heterocycles. The number of aryl methyl sites for hydroxylation is 1. The largest absolute Gasteiger partial charge is 0.463 e. The highest BCUT2D eigenvalue weighted by atomic mass is 32.2. The number of carbonyl (C=O) groups is 1. The third-order valence-corrected chi connectivity index (χ3v) is 5.21. The highest BCUT2D eigenvalue weighted by molar-refractivity contribution is 7.89. The lowest BCUT2D eigenvalue weighted by molar-refractivity contribution is 0.0563. The molecule has 118 valence electrons. The van der Waals surface area contributed by atoms with Gasteiger partial charge in [-0.15, -0.1) is 0 Å². The van der Waals surface area contributed by atoms with Crippen LogP contribution in [0.2, 0.25) is 0 Å². The average molecular weight is 316 g/mol. The van der Waals surface area contributed by atoms with E-state index in [0.29, 0.717) is 0 Å². The van der Waals surface area contributed by atoms with Crippen LogP contribution in [0.1, 0.15) is 36.1 Å². The molecule has 2 rings (SSSR count). The van der Waals surface area contributed by atoms with Gasteiger partial charge in [-0.05, 0) is 33.2 Å². The summed E-state index contributed by atoms with van der Waals surface area (Å²) in [6.07, 6.45) is 1.68. The van der Waals surface area contributed by atoms with Crippen LogP contribution in [-0.2, 0) is 14.8 Å². The zero-order chi connectivity index (χ0) is 15.6. The maximum Gasteiger partial charge on any atom is 0.373 e. The van der Waals surface area contributed by atoms with Gasteiger partial charge in [0.05, 0.1) is 7.11 Å². The van der Waals surface area contributed by atoms with Gasteiger partial charge in [-0.25, -0.2) is 17.9 Å². The van der Waals surface area contributed by atoms with Crippen LogP contribution in [0, 0.1) is 6.92 Å². The lowest BCUT2D eigenvalue weighted by atomic mass is 10.0. The molecule has 21 heavy (non-hydrogen) atoms. The van der Waals surface area contributed by atoms with Crippen molar-refractivity contribution in [3.05, 3.63) is 17.6 Å². The molecule has 1 fully saturated rings. The molecule has 1 aromatic rings. The SMILES string of the molecule is COC(=O)c1cc(S(=O)(=O)NC2CCCNC2C)c(C)o1. The minimum Gasteiger partial charge on any atom is -0.463 e. The van der Waals surface area contributed by atoms with Crippen molar-refractivity contribution in [3.8, 4) is 0 Å². The molecule has 2 unspecified atom stereocenters. The maximum atomic E-state index is 12.4. The third kappa shape index (κ3) is 3.45. The summed E-state index contributed by atoms with van der Waals surface area (Å²) >= 11 is 0. The Morgan fingerprint density at radius 1 is 1.52 bits per heavy atom.